The molecule has 0 unspecified atom stereocenters. The molecule has 0 aliphatic carbocycles. The van der Waals surface area contributed by atoms with Gasteiger partial charge in [-0.15, -0.1) is 0 Å². The maximum absolute atomic E-state index is 6.21. The van der Waals surface area contributed by atoms with Crippen LogP contribution in [0.1, 0.15) is 20.8 Å². The molecule has 0 aliphatic rings. The first kappa shape index (κ1) is 13.4. The summed E-state index contributed by atoms with van der Waals surface area (Å²) in [6.07, 6.45) is 0. The van der Waals surface area contributed by atoms with Gasteiger partial charge >= 0.3 is 0 Å². The van der Waals surface area contributed by atoms with E-state index in [2.05, 4.69) is 52.2 Å². The Labute approximate surface area is 120 Å². The highest BCUT2D eigenvalue weighted by atomic mass is 79.9. The third-order valence-corrected chi connectivity index (χ3v) is 3.11. The van der Waals surface area contributed by atoms with E-state index in [0.29, 0.717) is 5.02 Å². The highest BCUT2D eigenvalue weighted by Gasteiger charge is 2.13. The van der Waals surface area contributed by atoms with Gasteiger partial charge in [0.1, 0.15) is 5.82 Å². The molecule has 2 aromatic rings. The summed E-state index contributed by atoms with van der Waals surface area (Å²) in [4.78, 5) is 0. The first-order valence-corrected chi connectivity index (χ1v) is 6.81. The highest BCUT2D eigenvalue weighted by Crippen LogP contribution is 2.30. The molecule has 0 spiro atoms. The van der Waals surface area contributed by atoms with Gasteiger partial charge in [0.25, 0.3) is 0 Å². The second kappa shape index (κ2) is 4.94. The summed E-state index contributed by atoms with van der Waals surface area (Å²) in [7, 11) is 0. The summed E-state index contributed by atoms with van der Waals surface area (Å²) >= 11 is 9.60. The predicted molar refractivity (Wildman–Crippen MR) is 80.1 cm³/mol. The molecule has 18 heavy (non-hydrogen) atoms. The highest BCUT2D eigenvalue weighted by molar-refractivity contribution is 9.10. The van der Waals surface area contributed by atoms with Gasteiger partial charge in [0.05, 0.1) is 10.7 Å². The van der Waals surface area contributed by atoms with E-state index in [0.717, 1.165) is 21.5 Å². The molecule has 5 heteroatoms. The van der Waals surface area contributed by atoms with E-state index in [1.165, 1.54) is 0 Å². The molecule has 1 aromatic carbocycles. The van der Waals surface area contributed by atoms with Crippen LogP contribution in [0.4, 0.5) is 5.82 Å². The van der Waals surface area contributed by atoms with Gasteiger partial charge in [0.2, 0.25) is 0 Å². The van der Waals surface area contributed by atoms with Gasteiger partial charge in [-0.3, -0.25) is 5.10 Å². The van der Waals surface area contributed by atoms with E-state index < -0.39 is 0 Å². The van der Waals surface area contributed by atoms with Crippen molar-refractivity contribution in [2.24, 2.45) is 0 Å². The number of aromatic amines is 1. The topological polar surface area (TPSA) is 40.7 Å². The Kier molecular flexibility index (Phi) is 3.69. The van der Waals surface area contributed by atoms with Crippen molar-refractivity contribution in [1.82, 2.24) is 10.2 Å². The molecule has 0 atom stereocenters. The molecule has 0 radical (unpaired) electrons. The molecule has 0 bridgehead atoms. The Bertz CT molecular complexity index is 558. The van der Waals surface area contributed by atoms with E-state index in [1.54, 1.807) is 0 Å². The Morgan fingerprint density at radius 2 is 2.00 bits per heavy atom. The predicted octanol–water partition coefficient (Wildman–Crippen LogP) is 4.70. The SMILES string of the molecule is CC(C)(C)Nc1cc(-c2ccc(Br)cc2Cl)[nH]n1. The number of rotatable bonds is 2. The number of hydrogen-bond donors (Lipinski definition) is 2. The summed E-state index contributed by atoms with van der Waals surface area (Å²) in [5, 5.41) is 11.2. The quantitative estimate of drug-likeness (QED) is 0.838. The van der Waals surface area contributed by atoms with Crippen LogP contribution in [0, 0.1) is 0 Å². The summed E-state index contributed by atoms with van der Waals surface area (Å²) in [6, 6.07) is 7.74. The molecule has 0 saturated heterocycles. The lowest BCUT2D eigenvalue weighted by Crippen LogP contribution is -2.26. The standard InChI is InChI=1S/C13H15BrClN3/c1-13(2,3)16-12-7-11(17-18-12)9-5-4-8(14)6-10(9)15/h4-7H,1-3H3,(H2,16,17,18). The van der Waals surface area contributed by atoms with Crippen LogP contribution in [0.5, 0.6) is 0 Å². The molecular weight excluding hydrogens is 314 g/mol. The zero-order chi connectivity index (χ0) is 13.3. The van der Waals surface area contributed by atoms with Crippen molar-refractivity contribution >= 4 is 33.3 Å². The molecule has 2 N–H and O–H groups in total. The number of H-pyrrole nitrogens is 1. The number of nitrogens with one attached hydrogen (secondary N) is 2. The molecule has 0 saturated carbocycles. The fraction of sp³-hybridized carbons (Fsp3) is 0.308. The number of anilines is 1. The minimum absolute atomic E-state index is 0.0179. The second-order valence-electron chi connectivity index (χ2n) is 5.17. The third-order valence-electron chi connectivity index (χ3n) is 2.30. The van der Waals surface area contributed by atoms with Gasteiger partial charge in [0, 0.05) is 21.6 Å². The molecular formula is C13H15BrClN3. The van der Waals surface area contributed by atoms with E-state index in [4.69, 9.17) is 11.6 Å². The Morgan fingerprint density at radius 1 is 1.28 bits per heavy atom. The maximum Gasteiger partial charge on any atom is 0.148 e. The Hall–Kier alpha value is -1.00. The first-order valence-electron chi connectivity index (χ1n) is 5.64. The summed E-state index contributed by atoms with van der Waals surface area (Å²) in [5.41, 5.74) is 1.82. The monoisotopic (exact) mass is 327 g/mol. The van der Waals surface area contributed by atoms with Gasteiger partial charge in [-0.1, -0.05) is 33.6 Å². The molecule has 1 heterocycles. The van der Waals surface area contributed by atoms with Crippen molar-refractivity contribution in [3.05, 3.63) is 33.8 Å². The molecule has 0 amide bonds. The largest absolute Gasteiger partial charge is 0.364 e. The van der Waals surface area contributed by atoms with Crippen LogP contribution < -0.4 is 5.32 Å². The maximum atomic E-state index is 6.21. The molecule has 96 valence electrons. The average molecular weight is 329 g/mol. The van der Waals surface area contributed by atoms with Gasteiger partial charge < -0.3 is 5.32 Å². The molecule has 1 aromatic heterocycles. The van der Waals surface area contributed by atoms with Crippen molar-refractivity contribution < 1.29 is 0 Å². The summed E-state index contributed by atoms with van der Waals surface area (Å²) < 4.78 is 0.962. The van der Waals surface area contributed by atoms with E-state index in [1.807, 2.05) is 24.3 Å². The van der Waals surface area contributed by atoms with Crippen LogP contribution in [0.2, 0.25) is 5.02 Å². The van der Waals surface area contributed by atoms with Crippen LogP contribution in [-0.2, 0) is 0 Å². The molecule has 3 nitrogen and oxygen atoms in total. The third kappa shape index (κ3) is 3.27. The zero-order valence-electron chi connectivity index (χ0n) is 10.5. The van der Waals surface area contributed by atoms with Crippen LogP contribution in [0.3, 0.4) is 0 Å². The Balaban J connectivity index is 2.29. The number of benzene rings is 1. The van der Waals surface area contributed by atoms with Crippen LogP contribution >= 0.6 is 27.5 Å². The molecule has 0 aliphatic heterocycles. The van der Waals surface area contributed by atoms with Crippen molar-refractivity contribution in [3.63, 3.8) is 0 Å². The van der Waals surface area contributed by atoms with E-state index in [-0.39, 0.29) is 5.54 Å². The van der Waals surface area contributed by atoms with Crippen molar-refractivity contribution in [1.29, 1.82) is 0 Å². The lowest BCUT2D eigenvalue weighted by molar-refractivity contribution is 0.630. The number of hydrogen-bond acceptors (Lipinski definition) is 2. The zero-order valence-corrected chi connectivity index (χ0v) is 12.9. The van der Waals surface area contributed by atoms with Gasteiger partial charge in [-0.05, 0) is 32.9 Å². The van der Waals surface area contributed by atoms with Gasteiger partial charge in [-0.2, -0.15) is 5.10 Å². The smallest absolute Gasteiger partial charge is 0.148 e. The van der Waals surface area contributed by atoms with E-state index >= 15 is 0 Å². The fourth-order valence-corrected chi connectivity index (χ4v) is 2.39. The van der Waals surface area contributed by atoms with Gasteiger partial charge in [-0.25, -0.2) is 0 Å². The van der Waals surface area contributed by atoms with Crippen molar-refractivity contribution in [2.45, 2.75) is 26.3 Å². The molecule has 2 rings (SSSR count). The van der Waals surface area contributed by atoms with Crippen molar-refractivity contribution in [2.75, 3.05) is 5.32 Å². The lowest BCUT2D eigenvalue weighted by atomic mass is 10.1. The van der Waals surface area contributed by atoms with E-state index in [9.17, 15) is 0 Å². The van der Waals surface area contributed by atoms with Crippen molar-refractivity contribution in [3.8, 4) is 11.3 Å². The Morgan fingerprint density at radius 3 is 2.61 bits per heavy atom. The number of nitrogens with zero attached hydrogens (tertiary/aromatic N) is 1. The fourth-order valence-electron chi connectivity index (χ4n) is 1.62. The second-order valence-corrected chi connectivity index (χ2v) is 6.49. The van der Waals surface area contributed by atoms with Crippen LogP contribution in [-0.4, -0.2) is 15.7 Å². The molecule has 0 fully saturated rings. The minimum Gasteiger partial charge on any atom is -0.364 e. The normalized spacial score (nSPS) is 11.6. The average Bonchev–Trinajstić information content (AvgIpc) is 2.63. The first-order chi connectivity index (χ1) is 8.35. The lowest BCUT2D eigenvalue weighted by Gasteiger charge is -2.19. The minimum atomic E-state index is -0.0179. The number of aromatic nitrogens is 2. The summed E-state index contributed by atoms with van der Waals surface area (Å²) in [5.74, 6) is 0.816. The van der Waals surface area contributed by atoms with Gasteiger partial charge in [0.15, 0.2) is 0 Å². The van der Waals surface area contributed by atoms with Crippen LogP contribution in [0.15, 0.2) is 28.7 Å². The number of halogens is 2. The summed E-state index contributed by atoms with van der Waals surface area (Å²) in [6.45, 7) is 6.27. The van der Waals surface area contributed by atoms with Crippen LogP contribution in [0.25, 0.3) is 11.3 Å².